The van der Waals surface area contributed by atoms with Gasteiger partial charge in [0.25, 0.3) is 5.91 Å². The van der Waals surface area contributed by atoms with Crippen LogP contribution in [0.4, 0.5) is 0 Å². The molecule has 2 aliphatic carbocycles. The zero-order chi connectivity index (χ0) is 20.2. The molecule has 1 aromatic heterocycles. The van der Waals surface area contributed by atoms with E-state index in [4.69, 9.17) is 5.73 Å². The first-order valence-corrected chi connectivity index (χ1v) is 12.4. The van der Waals surface area contributed by atoms with E-state index in [9.17, 15) is 4.79 Å². The van der Waals surface area contributed by atoms with Crippen LogP contribution in [-0.4, -0.2) is 68.5 Å². The summed E-state index contributed by atoms with van der Waals surface area (Å²) in [5.41, 5.74) is 6.57. The van der Waals surface area contributed by atoms with Crippen LogP contribution in [0.3, 0.4) is 0 Å². The van der Waals surface area contributed by atoms with Crippen LogP contribution in [0.1, 0.15) is 80.7 Å². The highest BCUT2D eigenvalue weighted by molar-refractivity contribution is 5.92. The molecule has 2 bridgehead atoms. The van der Waals surface area contributed by atoms with Gasteiger partial charge in [-0.05, 0) is 75.5 Å². The Kier molecular flexibility index (Phi) is 4.87. The summed E-state index contributed by atoms with van der Waals surface area (Å²) in [6, 6.07) is 2.19. The lowest BCUT2D eigenvalue weighted by molar-refractivity contribution is -0.0551. The van der Waals surface area contributed by atoms with Gasteiger partial charge in [0.05, 0.1) is 12.2 Å². The molecule has 3 saturated heterocycles. The smallest absolute Gasteiger partial charge is 0.276 e. The summed E-state index contributed by atoms with van der Waals surface area (Å²) in [6.07, 6.45) is 14.3. The van der Waals surface area contributed by atoms with Gasteiger partial charge < -0.3 is 10.6 Å². The lowest BCUT2D eigenvalue weighted by atomic mass is 9.74. The minimum atomic E-state index is 0.0893. The van der Waals surface area contributed by atoms with Crippen molar-refractivity contribution in [1.29, 1.82) is 0 Å². The molecule has 4 heterocycles. The van der Waals surface area contributed by atoms with E-state index in [1.807, 2.05) is 10.9 Å². The molecule has 7 heteroatoms. The molecule has 2 N–H and O–H groups in total. The predicted molar refractivity (Wildman–Crippen MR) is 114 cm³/mol. The molecule has 30 heavy (non-hydrogen) atoms. The first kappa shape index (κ1) is 19.2. The molecule has 5 fully saturated rings. The average molecular weight is 413 g/mol. The van der Waals surface area contributed by atoms with Crippen LogP contribution in [0.25, 0.3) is 0 Å². The van der Waals surface area contributed by atoms with E-state index in [2.05, 4.69) is 20.1 Å². The summed E-state index contributed by atoms with van der Waals surface area (Å²) in [5.74, 6) is 2.32. The van der Waals surface area contributed by atoms with Gasteiger partial charge in [-0.2, -0.15) is 0 Å². The number of carbonyl (C=O) groups excluding carboxylic acids is 1. The zero-order valence-corrected chi connectivity index (χ0v) is 18.0. The number of amides is 1. The van der Waals surface area contributed by atoms with Crippen LogP contribution in [-0.2, 0) is 0 Å². The molecule has 164 valence electrons. The average Bonchev–Trinajstić information content (AvgIpc) is 3.49. The van der Waals surface area contributed by atoms with Crippen molar-refractivity contribution in [3.63, 3.8) is 0 Å². The third-order valence-corrected chi connectivity index (χ3v) is 8.73. The Bertz CT molecular complexity index is 782. The van der Waals surface area contributed by atoms with Gasteiger partial charge in [-0.25, -0.2) is 4.68 Å². The van der Waals surface area contributed by atoms with Crippen molar-refractivity contribution in [1.82, 2.24) is 24.8 Å². The molecule has 4 atom stereocenters. The number of nitrogens with two attached hydrogens (primary N) is 1. The van der Waals surface area contributed by atoms with Gasteiger partial charge in [-0.15, -0.1) is 5.10 Å². The van der Waals surface area contributed by atoms with Crippen LogP contribution in [0.15, 0.2) is 6.20 Å². The number of carbonyl (C=O) groups is 1. The standard InChI is InChI=1S/C23H36N6O/c24-18-6-8-19(9-7-18)29-14-20(25-26-29)23(30)27-11-15-10-17(13-27)22-3-1-2-21(16-4-5-16)28(22)12-15/h14-19,21-22H,1-13,24H2/t15-,17+,18?,19?,21+,22-/m0/s1. The molecule has 5 aliphatic rings. The molecule has 2 saturated carbocycles. The van der Waals surface area contributed by atoms with Crippen molar-refractivity contribution in [3.05, 3.63) is 11.9 Å². The third kappa shape index (κ3) is 3.48. The SMILES string of the molecule is NC1CCC(n2cc(C(=O)N3C[C@@H]4C[C@H](C3)[C@@H]3CCC[C@H](C5CC5)N3C4)nn2)CC1. The van der Waals surface area contributed by atoms with Crippen molar-refractivity contribution in [2.45, 2.75) is 88.4 Å². The largest absolute Gasteiger partial charge is 0.337 e. The van der Waals surface area contributed by atoms with E-state index in [-0.39, 0.29) is 5.91 Å². The molecule has 7 nitrogen and oxygen atoms in total. The molecular formula is C23H36N6O. The van der Waals surface area contributed by atoms with Gasteiger partial charge in [0.2, 0.25) is 0 Å². The van der Waals surface area contributed by atoms with E-state index in [1.54, 1.807) is 0 Å². The third-order valence-electron chi connectivity index (χ3n) is 8.73. The van der Waals surface area contributed by atoms with Crippen LogP contribution < -0.4 is 5.73 Å². The molecule has 0 aromatic carbocycles. The van der Waals surface area contributed by atoms with Gasteiger partial charge in [0, 0.05) is 37.8 Å². The van der Waals surface area contributed by atoms with Crippen LogP contribution in [0, 0.1) is 17.8 Å². The van der Waals surface area contributed by atoms with Crippen molar-refractivity contribution >= 4 is 5.91 Å². The Morgan fingerprint density at radius 3 is 2.47 bits per heavy atom. The second kappa shape index (κ2) is 7.59. The Balaban J connectivity index is 1.14. The summed E-state index contributed by atoms with van der Waals surface area (Å²) < 4.78 is 1.92. The monoisotopic (exact) mass is 412 g/mol. The molecule has 1 amide bonds. The maximum atomic E-state index is 13.3. The number of hydrogen-bond donors (Lipinski definition) is 1. The van der Waals surface area contributed by atoms with Crippen LogP contribution >= 0.6 is 0 Å². The van der Waals surface area contributed by atoms with Gasteiger partial charge in [-0.3, -0.25) is 9.69 Å². The van der Waals surface area contributed by atoms with Gasteiger partial charge in [-0.1, -0.05) is 11.6 Å². The van der Waals surface area contributed by atoms with Gasteiger partial charge >= 0.3 is 0 Å². The molecular weight excluding hydrogens is 376 g/mol. The van der Waals surface area contributed by atoms with Crippen LogP contribution in [0.5, 0.6) is 0 Å². The topological polar surface area (TPSA) is 80.3 Å². The Hall–Kier alpha value is -1.47. The van der Waals surface area contributed by atoms with Crippen molar-refractivity contribution in [2.75, 3.05) is 19.6 Å². The van der Waals surface area contributed by atoms with E-state index in [0.29, 0.717) is 35.7 Å². The lowest BCUT2D eigenvalue weighted by Gasteiger charge is -2.55. The van der Waals surface area contributed by atoms with E-state index >= 15 is 0 Å². The Morgan fingerprint density at radius 1 is 0.933 bits per heavy atom. The summed E-state index contributed by atoms with van der Waals surface area (Å²) in [4.78, 5) is 18.3. The quantitative estimate of drug-likeness (QED) is 0.825. The van der Waals surface area contributed by atoms with Crippen molar-refractivity contribution in [2.24, 2.45) is 23.5 Å². The minimum absolute atomic E-state index is 0.0893. The minimum Gasteiger partial charge on any atom is -0.337 e. The van der Waals surface area contributed by atoms with E-state index in [1.165, 1.54) is 45.1 Å². The normalized spacial score (nSPS) is 39.6. The lowest BCUT2D eigenvalue weighted by Crippen LogP contribution is -2.62. The predicted octanol–water partition coefficient (Wildman–Crippen LogP) is 2.45. The first-order chi connectivity index (χ1) is 14.7. The fourth-order valence-corrected chi connectivity index (χ4v) is 7.08. The number of rotatable bonds is 3. The molecule has 0 radical (unpaired) electrons. The molecule has 0 spiro atoms. The highest BCUT2D eigenvalue weighted by Crippen LogP contribution is 2.46. The fraction of sp³-hybridized carbons (Fsp3) is 0.870. The number of hydrogen-bond acceptors (Lipinski definition) is 5. The highest BCUT2D eigenvalue weighted by atomic mass is 16.2. The summed E-state index contributed by atoms with van der Waals surface area (Å²) >= 11 is 0. The second-order valence-corrected chi connectivity index (χ2v) is 10.8. The molecule has 6 rings (SSSR count). The summed E-state index contributed by atoms with van der Waals surface area (Å²) in [6.45, 7) is 2.99. The van der Waals surface area contributed by atoms with Gasteiger partial charge in [0.1, 0.15) is 0 Å². The molecule has 3 aliphatic heterocycles. The van der Waals surface area contributed by atoms with E-state index < -0.39 is 0 Å². The number of nitrogens with zero attached hydrogens (tertiary/aromatic N) is 5. The first-order valence-electron chi connectivity index (χ1n) is 12.4. The number of piperidine rings is 3. The summed E-state index contributed by atoms with van der Waals surface area (Å²) in [7, 11) is 0. The highest BCUT2D eigenvalue weighted by Gasteiger charge is 2.48. The maximum absolute atomic E-state index is 13.3. The Morgan fingerprint density at radius 2 is 1.70 bits per heavy atom. The maximum Gasteiger partial charge on any atom is 0.276 e. The fourth-order valence-electron chi connectivity index (χ4n) is 7.08. The second-order valence-electron chi connectivity index (χ2n) is 10.8. The van der Waals surface area contributed by atoms with Crippen molar-refractivity contribution in [3.8, 4) is 0 Å². The number of likely N-dealkylation sites (tertiary alicyclic amines) is 1. The molecule has 0 unspecified atom stereocenters. The van der Waals surface area contributed by atoms with Gasteiger partial charge in [0.15, 0.2) is 5.69 Å². The number of fused-ring (bicyclic) bond motifs is 4. The Labute approximate surface area is 179 Å². The van der Waals surface area contributed by atoms with E-state index in [0.717, 1.165) is 50.7 Å². The molecule has 1 aromatic rings. The van der Waals surface area contributed by atoms with Crippen molar-refractivity contribution < 1.29 is 4.79 Å². The van der Waals surface area contributed by atoms with Crippen LogP contribution in [0.2, 0.25) is 0 Å². The zero-order valence-electron chi connectivity index (χ0n) is 18.0. The number of aromatic nitrogens is 3. The summed E-state index contributed by atoms with van der Waals surface area (Å²) in [5, 5.41) is 8.61.